The Morgan fingerprint density at radius 2 is 2.05 bits per heavy atom. The van der Waals surface area contributed by atoms with Gasteiger partial charge in [0.1, 0.15) is 5.52 Å². The van der Waals surface area contributed by atoms with Gasteiger partial charge in [-0.25, -0.2) is 4.98 Å². The molecule has 5 heteroatoms. The second kappa shape index (κ2) is 5.47. The van der Waals surface area contributed by atoms with Crippen molar-refractivity contribution in [1.82, 2.24) is 14.5 Å². The lowest BCUT2D eigenvalue weighted by Crippen LogP contribution is -2.12. The van der Waals surface area contributed by atoms with Crippen molar-refractivity contribution in [3.05, 3.63) is 12.1 Å². The molecular formula is C14H22N4O. The Morgan fingerprint density at radius 1 is 1.32 bits per heavy atom. The van der Waals surface area contributed by atoms with Crippen LogP contribution in [0.4, 0.5) is 5.95 Å². The second-order valence-corrected chi connectivity index (χ2v) is 5.13. The molecule has 2 unspecified atom stereocenters. The number of hydrogen-bond donors (Lipinski definition) is 1. The molecule has 0 aliphatic heterocycles. The summed E-state index contributed by atoms with van der Waals surface area (Å²) in [5.41, 5.74) is 7.65. The highest BCUT2D eigenvalue weighted by Crippen LogP contribution is 2.27. The molecule has 0 radical (unpaired) electrons. The maximum atomic E-state index is 6.03. The monoisotopic (exact) mass is 262 g/mol. The van der Waals surface area contributed by atoms with Gasteiger partial charge >= 0.3 is 0 Å². The Balaban J connectivity index is 2.43. The number of nitrogens with two attached hydrogens (primary N) is 1. The van der Waals surface area contributed by atoms with Crippen LogP contribution in [-0.2, 0) is 0 Å². The van der Waals surface area contributed by atoms with Gasteiger partial charge in [-0.1, -0.05) is 20.3 Å². The summed E-state index contributed by atoms with van der Waals surface area (Å²) in [6, 6.07) is 3.97. The standard InChI is InChI=1S/C14H22N4O/c1-5-9(2)8-10(3)18-13-11(16-14(18)15)6-7-12(17-13)19-4/h6-7,9-10H,5,8H2,1-4H3,(H2,15,16). The molecule has 0 saturated heterocycles. The highest BCUT2D eigenvalue weighted by molar-refractivity contribution is 5.75. The molecule has 0 bridgehead atoms. The van der Waals surface area contributed by atoms with Crippen LogP contribution in [0.3, 0.4) is 0 Å². The molecule has 2 aromatic heterocycles. The fourth-order valence-corrected chi connectivity index (χ4v) is 2.38. The number of methoxy groups -OCH3 is 1. The number of hydrogen-bond acceptors (Lipinski definition) is 4. The van der Waals surface area contributed by atoms with Crippen LogP contribution >= 0.6 is 0 Å². The molecule has 0 aliphatic carbocycles. The van der Waals surface area contributed by atoms with E-state index < -0.39 is 0 Å². The third-order valence-corrected chi connectivity index (χ3v) is 3.63. The van der Waals surface area contributed by atoms with Crippen molar-refractivity contribution in [3.8, 4) is 5.88 Å². The van der Waals surface area contributed by atoms with Crippen molar-refractivity contribution in [2.24, 2.45) is 5.92 Å². The van der Waals surface area contributed by atoms with Crippen molar-refractivity contribution >= 4 is 17.1 Å². The van der Waals surface area contributed by atoms with Gasteiger partial charge in [-0.3, -0.25) is 4.57 Å². The lowest BCUT2D eigenvalue weighted by Gasteiger charge is -2.19. The number of anilines is 1. The van der Waals surface area contributed by atoms with Crippen LogP contribution in [0.15, 0.2) is 12.1 Å². The summed E-state index contributed by atoms with van der Waals surface area (Å²) >= 11 is 0. The summed E-state index contributed by atoms with van der Waals surface area (Å²) in [7, 11) is 1.61. The number of imidazole rings is 1. The SMILES string of the molecule is CCC(C)CC(C)n1c(N)nc2ccc(OC)nc21. The van der Waals surface area contributed by atoms with E-state index in [9.17, 15) is 0 Å². The molecule has 0 spiro atoms. The second-order valence-electron chi connectivity index (χ2n) is 5.13. The first-order chi connectivity index (χ1) is 9.06. The fraction of sp³-hybridized carbons (Fsp3) is 0.571. The zero-order valence-electron chi connectivity index (χ0n) is 12.1. The first kappa shape index (κ1) is 13.6. The van der Waals surface area contributed by atoms with Crippen LogP contribution < -0.4 is 10.5 Å². The largest absolute Gasteiger partial charge is 0.481 e. The lowest BCUT2D eigenvalue weighted by molar-refractivity contribution is 0.393. The molecule has 0 amide bonds. The maximum absolute atomic E-state index is 6.03. The van der Waals surface area contributed by atoms with Gasteiger partial charge in [0.2, 0.25) is 11.8 Å². The molecular weight excluding hydrogens is 240 g/mol. The van der Waals surface area contributed by atoms with E-state index in [2.05, 4.69) is 30.7 Å². The van der Waals surface area contributed by atoms with Crippen molar-refractivity contribution in [1.29, 1.82) is 0 Å². The Kier molecular flexibility index (Phi) is 3.93. The Labute approximate surface area is 113 Å². The van der Waals surface area contributed by atoms with Crippen molar-refractivity contribution in [3.63, 3.8) is 0 Å². The van der Waals surface area contributed by atoms with Gasteiger partial charge < -0.3 is 10.5 Å². The molecule has 0 aliphatic rings. The minimum atomic E-state index is 0.277. The van der Waals surface area contributed by atoms with E-state index in [1.165, 1.54) is 0 Å². The fourth-order valence-electron chi connectivity index (χ4n) is 2.38. The highest BCUT2D eigenvalue weighted by atomic mass is 16.5. The van der Waals surface area contributed by atoms with E-state index in [0.717, 1.165) is 24.0 Å². The molecule has 104 valence electrons. The van der Waals surface area contributed by atoms with Gasteiger partial charge in [0.05, 0.1) is 7.11 Å². The summed E-state index contributed by atoms with van der Waals surface area (Å²) in [6.45, 7) is 6.61. The van der Waals surface area contributed by atoms with Gasteiger partial charge in [0.15, 0.2) is 5.65 Å². The smallest absolute Gasteiger partial charge is 0.215 e. The average Bonchev–Trinajstić information content (AvgIpc) is 2.73. The molecule has 2 heterocycles. The number of aromatic nitrogens is 3. The number of fused-ring (bicyclic) bond motifs is 1. The first-order valence-electron chi connectivity index (χ1n) is 6.75. The van der Waals surface area contributed by atoms with Gasteiger partial charge in [-0.15, -0.1) is 0 Å². The van der Waals surface area contributed by atoms with Crippen LogP contribution in [0.5, 0.6) is 5.88 Å². The van der Waals surface area contributed by atoms with Gasteiger partial charge in [0.25, 0.3) is 0 Å². The molecule has 5 nitrogen and oxygen atoms in total. The van der Waals surface area contributed by atoms with Crippen LogP contribution in [0.2, 0.25) is 0 Å². The molecule has 2 atom stereocenters. The lowest BCUT2D eigenvalue weighted by atomic mass is 10.0. The van der Waals surface area contributed by atoms with Crippen molar-refractivity contribution in [2.45, 2.75) is 39.7 Å². The summed E-state index contributed by atoms with van der Waals surface area (Å²) < 4.78 is 7.18. The quantitative estimate of drug-likeness (QED) is 0.899. The highest BCUT2D eigenvalue weighted by Gasteiger charge is 2.17. The summed E-state index contributed by atoms with van der Waals surface area (Å²) in [4.78, 5) is 8.83. The van der Waals surface area contributed by atoms with Crippen molar-refractivity contribution in [2.75, 3.05) is 12.8 Å². The molecule has 19 heavy (non-hydrogen) atoms. The van der Waals surface area contributed by atoms with E-state index in [1.54, 1.807) is 13.2 Å². The van der Waals surface area contributed by atoms with E-state index in [0.29, 0.717) is 17.7 Å². The Hall–Kier alpha value is -1.78. The molecule has 2 aromatic rings. The van der Waals surface area contributed by atoms with E-state index in [4.69, 9.17) is 10.5 Å². The molecule has 0 aromatic carbocycles. The molecule has 0 saturated carbocycles. The Morgan fingerprint density at radius 3 is 2.68 bits per heavy atom. The summed E-state index contributed by atoms with van der Waals surface area (Å²) in [5.74, 6) is 1.76. The van der Waals surface area contributed by atoms with E-state index in [-0.39, 0.29) is 6.04 Å². The zero-order chi connectivity index (χ0) is 14.0. The predicted molar refractivity (Wildman–Crippen MR) is 77.3 cm³/mol. The predicted octanol–water partition coefficient (Wildman–Crippen LogP) is 3.02. The van der Waals surface area contributed by atoms with Crippen molar-refractivity contribution < 1.29 is 4.74 Å². The number of nitrogen functional groups attached to an aromatic ring is 1. The van der Waals surface area contributed by atoms with Gasteiger partial charge in [-0.2, -0.15) is 4.98 Å². The summed E-state index contributed by atoms with van der Waals surface area (Å²) in [5, 5.41) is 0. The van der Waals surface area contributed by atoms with Crippen LogP contribution in [0.1, 0.15) is 39.7 Å². The topological polar surface area (TPSA) is 66.0 Å². The van der Waals surface area contributed by atoms with E-state index in [1.807, 2.05) is 10.6 Å². The van der Waals surface area contributed by atoms with Crippen LogP contribution in [0.25, 0.3) is 11.2 Å². The normalized spacial score (nSPS) is 14.5. The number of ether oxygens (including phenoxy) is 1. The zero-order valence-corrected chi connectivity index (χ0v) is 12.1. The average molecular weight is 262 g/mol. The number of pyridine rings is 1. The van der Waals surface area contributed by atoms with Gasteiger partial charge in [-0.05, 0) is 25.3 Å². The van der Waals surface area contributed by atoms with E-state index >= 15 is 0 Å². The number of nitrogens with zero attached hydrogens (tertiary/aromatic N) is 3. The van der Waals surface area contributed by atoms with Gasteiger partial charge in [0, 0.05) is 12.1 Å². The minimum absolute atomic E-state index is 0.277. The maximum Gasteiger partial charge on any atom is 0.215 e. The third-order valence-electron chi connectivity index (χ3n) is 3.63. The van der Waals surface area contributed by atoms with Crippen LogP contribution in [0, 0.1) is 5.92 Å². The summed E-state index contributed by atoms with van der Waals surface area (Å²) in [6.07, 6.45) is 2.22. The molecule has 2 N–H and O–H groups in total. The van der Waals surface area contributed by atoms with Crippen LogP contribution in [-0.4, -0.2) is 21.6 Å². The Bertz CT molecular complexity index is 564. The molecule has 2 rings (SSSR count). The minimum Gasteiger partial charge on any atom is -0.481 e. The first-order valence-corrected chi connectivity index (χ1v) is 6.75. The number of rotatable bonds is 5. The third kappa shape index (κ3) is 2.64. The molecule has 0 fully saturated rings.